The summed E-state index contributed by atoms with van der Waals surface area (Å²) in [6.07, 6.45) is 0. The Kier molecular flexibility index (Phi) is 5.38. The maximum Gasteiger partial charge on any atom is 0.338 e. The van der Waals surface area contributed by atoms with Gasteiger partial charge in [-0.2, -0.15) is 11.3 Å². The van der Waals surface area contributed by atoms with Crippen LogP contribution in [0.4, 0.5) is 5.69 Å². The fourth-order valence-electron chi connectivity index (χ4n) is 2.56. The van der Waals surface area contributed by atoms with Crippen molar-refractivity contribution in [2.24, 2.45) is 0 Å². The van der Waals surface area contributed by atoms with Crippen LogP contribution in [0.25, 0.3) is 10.6 Å². The average molecular weight is 402 g/mol. The Balaban J connectivity index is 1.73. The highest BCUT2D eigenvalue weighted by Crippen LogP contribution is 2.32. The zero-order chi connectivity index (χ0) is 19.6. The molecule has 0 saturated heterocycles. The van der Waals surface area contributed by atoms with E-state index in [-0.39, 0.29) is 17.9 Å². The smallest absolute Gasteiger partial charge is 0.338 e. The minimum Gasteiger partial charge on any atom is -0.456 e. The molecule has 0 aliphatic heterocycles. The van der Waals surface area contributed by atoms with Crippen molar-refractivity contribution in [3.8, 4) is 10.6 Å². The minimum absolute atomic E-state index is 0.0221. The number of rotatable bonds is 5. The molecule has 0 bridgehead atoms. The monoisotopic (exact) mass is 402 g/mol. The van der Waals surface area contributed by atoms with Crippen LogP contribution < -0.4 is 0 Å². The number of benzene rings is 1. The van der Waals surface area contributed by atoms with E-state index in [0.717, 1.165) is 10.6 Å². The van der Waals surface area contributed by atoms with E-state index >= 15 is 0 Å². The zero-order valence-corrected chi connectivity index (χ0v) is 16.7. The second-order valence-electron chi connectivity index (χ2n) is 6.97. The first-order valence-electron chi connectivity index (χ1n) is 8.19. The SMILES string of the molecule is CC(C)(C)c1ccc(C(=O)OCc2csc(-c3ccsc3)n2)cc1[N+](=O)[O-]. The number of nitrogens with zero attached hydrogens (tertiary/aromatic N) is 2. The fourth-order valence-corrected chi connectivity index (χ4v) is 4.08. The van der Waals surface area contributed by atoms with Crippen LogP contribution in [-0.4, -0.2) is 15.9 Å². The summed E-state index contributed by atoms with van der Waals surface area (Å²) >= 11 is 3.07. The maximum atomic E-state index is 12.3. The molecule has 2 aromatic heterocycles. The van der Waals surface area contributed by atoms with Gasteiger partial charge in [-0.05, 0) is 22.9 Å². The predicted molar refractivity (Wildman–Crippen MR) is 106 cm³/mol. The van der Waals surface area contributed by atoms with Gasteiger partial charge in [-0.1, -0.05) is 26.8 Å². The number of carbonyl (C=O) groups is 1. The summed E-state index contributed by atoms with van der Waals surface area (Å²) < 4.78 is 5.29. The molecule has 0 amide bonds. The van der Waals surface area contributed by atoms with Gasteiger partial charge in [0.25, 0.3) is 5.69 Å². The van der Waals surface area contributed by atoms with Crippen molar-refractivity contribution < 1.29 is 14.5 Å². The lowest BCUT2D eigenvalue weighted by Gasteiger charge is -2.19. The molecule has 0 atom stereocenters. The van der Waals surface area contributed by atoms with Gasteiger partial charge in [0.2, 0.25) is 0 Å². The van der Waals surface area contributed by atoms with Crippen LogP contribution in [0.2, 0.25) is 0 Å². The molecule has 0 fully saturated rings. The van der Waals surface area contributed by atoms with Gasteiger partial charge in [0.05, 0.1) is 16.2 Å². The lowest BCUT2D eigenvalue weighted by atomic mass is 9.85. The van der Waals surface area contributed by atoms with Gasteiger partial charge in [0.1, 0.15) is 11.6 Å². The number of nitro benzene ring substituents is 1. The summed E-state index contributed by atoms with van der Waals surface area (Å²) in [7, 11) is 0. The largest absolute Gasteiger partial charge is 0.456 e. The quantitative estimate of drug-likeness (QED) is 0.323. The Morgan fingerprint density at radius 1 is 1.26 bits per heavy atom. The summed E-state index contributed by atoms with van der Waals surface area (Å²) in [6, 6.07) is 6.44. The number of esters is 1. The highest BCUT2D eigenvalue weighted by Gasteiger charge is 2.26. The number of nitro groups is 1. The molecular weight excluding hydrogens is 384 g/mol. The number of ether oxygens (including phenoxy) is 1. The van der Waals surface area contributed by atoms with Crippen LogP contribution >= 0.6 is 22.7 Å². The molecule has 0 spiro atoms. The third-order valence-corrected chi connectivity index (χ3v) is 5.53. The molecule has 8 heteroatoms. The molecule has 0 radical (unpaired) electrons. The van der Waals surface area contributed by atoms with Crippen molar-refractivity contribution in [2.45, 2.75) is 32.8 Å². The van der Waals surface area contributed by atoms with E-state index < -0.39 is 16.3 Å². The average Bonchev–Trinajstić information content (AvgIpc) is 3.29. The summed E-state index contributed by atoms with van der Waals surface area (Å²) in [6.45, 7) is 5.69. The normalized spacial score (nSPS) is 11.4. The Hall–Kier alpha value is -2.58. The van der Waals surface area contributed by atoms with Crippen LogP contribution in [-0.2, 0) is 16.8 Å². The van der Waals surface area contributed by atoms with E-state index in [4.69, 9.17) is 4.74 Å². The molecular formula is C19H18N2O4S2. The first-order valence-corrected chi connectivity index (χ1v) is 10.0. The van der Waals surface area contributed by atoms with Gasteiger partial charge in [0.15, 0.2) is 0 Å². The van der Waals surface area contributed by atoms with Crippen molar-refractivity contribution in [3.05, 3.63) is 67.3 Å². The van der Waals surface area contributed by atoms with Gasteiger partial charge < -0.3 is 4.74 Å². The van der Waals surface area contributed by atoms with E-state index in [9.17, 15) is 14.9 Å². The van der Waals surface area contributed by atoms with Crippen LogP contribution in [0.5, 0.6) is 0 Å². The van der Waals surface area contributed by atoms with E-state index in [1.807, 2.05) is 43.0 Å². The third kappa shape index (κ3) is 4.40. The molecule has 1 aromatic carbocycles. The van der Waals surface area contributed by atoms with E-state index in [2.05, 4.69) is 4.98 Å². The van der Waals surface area contributed by atoms with Gasteiger partial charge in [-0.25, -0.2) is 9.78 Å². The highest BCUT2D eigenvalue weighted by molar-refractivity contribution is 7.14. The van der Waals surface area contributed by atoms with Gasteiger partial charge in [-0.15, -0.1) is 11.3 Å². The van der Waals surface area contributed by atoms with Crippen LogP contribution in [0.1, 0.15) is 42.4 Å². The van der Waals surface area contributed by atoms with Gasteiger partial charge >= 0.3 is 5.97 Å². The topological polar surface area (TPSA) is 82.3 Å². The number of thiazole rings is 1. The number of hydrogen-bond donors (Lipinski definition) is 0. The zero-order valence-electron chi connectivity index (χ0n) is 15.1. The van der Waals surface area contributed by atoms with E-state index in [1.54, 1.807) is 23.5 Å². The van der Waals surface area contributed by atoms with Crippen molar-refractivity contribution in [2.75, 3.05) is 0 Å². The second kappa shape index (κ2) is 7.58. The first kappa shape index (κ1) is 19.2. The maximum absolute atomic E-state index is 12.3. The Morgan fingerprint density at radius 3 is 2.67 bits per heavy atom. The Labute approximate surface area is 164 Å². The number of thiophene rings is 1. The molecule has 140 valence electrons. The van der Waals surface area contributed by atoms with E-state index in [0.29, 0.717) is 11.3 Å². The van der Waals surface area contributed by atoms with Gasteiger partial charge in [0, 0.05) is 28.0 Å². The lowest BCUT2D eigenvalue weighted by molar-refractivity contribution is -0.386. The summed E-state index contributed by atoms with van der Waals surface area (Å²) in [5.74, 6) is -0.608. The van der Waals surface area contributed by atoms with Crippen molar-refractivity contribution in [1.29, 1.82) is 0 Å². The lowest BCUT2D eigenvalue weighted by Crippen LogP contribution is -2.15. The molecule has 6 nitrogen and oxygen atoms in total. The minimum atomic E-state index is -0.608. The summed E-state index contributed by atoms with van der Waals surface area (Å²) in [5, 5.41) is 18.1. The number of aromatic nitrogens is 1. The Morgan fingerprint density at radius 2 is 2.04 bits per heavy atom. The second-order valence-corrected chi connectivity index (χ2v) is 8.61. The molecule has 2 heterocycles. The molecule has 27 heavy (non-hydrogen) atoms. The van der Waals surface area contributed by atoms with Gasteiger partial charge in [-0.3, -0.25) is 10.1 Å². The predicted octanol–water partition coefficient (Wildman–Crippen LogP) is 5.43. The molecule has 3 aromatic rings. The number of hydrogen-bond acceptors (Lipinski definition) is 7. The van der Waals surface area contributed by atoms with E-state index in [1.165, 1.54) is 17.4 Å². The standard InChI is InChI=1S/C19H18N2O4S2/c1-19(2,3)15-5-4-12(8-16(15)21(23)24)18(22)25-9-14-11-27-17(20-14)13-6-7-26-10-13/h4-8,10-11H,9H2,1-3H3. The summed E-state index contributed by atoms with van der Waals surface area (Å²) in [4.78, 5) is 27.7. The van der Waals surface area contributed by atoms with Crippen LogP contribution in [0.15, 0.2) is 40.4 Å². The van der Waals surface area contributed by atoms with Crippen LogP contribution in [0.3, 0.4) is 0 Å². The van der Waals surface area contributed by atoms with Crippen LogP contribution in [0, 0.1) is 10.1 Å². The fraction of sp³-hybridized carbons (Fsp3) is 0.263. The van der Waals surface area contributed by atoms with Crippen molar-refractivity contribution >= 4 is 34.3 Å². The molecule has 3 rings (SSSR count). The molecule has 0 aliphatic rings. The molecule has 0 aliphatic carbocycles. The molecule has 0 saturated carbocycles. The third-order valence-electron chi connectivity index (χ3n) is 3.91. The molecule has 0 unspecified atom stereocenters. The first-order chi connectivity index (χ1) is 12.8. The molecule has 0 N–H and O–H groups in total. The number of carbonyl (C=O) groups excluding carboxylic acids is 1. The Bertz CT molecular complexity index is 972. The summed E-state index contributed by atoms with van der Waals surface area (Å²) in [5.41, 5.74) is 1.94. The van der Waals surface area contributed by atoms with Crippen molar-refractivity contribution in [3.63, 3.8) is 0 Å². The highest BCUT2D eigenvalue weighted by atomic mass is 32.1. The van der Waals surface area contributed by atoms with Crippen molar-refractivity contribution in [1.82, 2.24) is 4.98 Å².